The van der Waals surface area contributed by atoms with E-state index in [1.54, 1.807) is 4.90 Å². The molecule has 1 aliphatic rings. The van der Waals surface area contributed by atoms with Crippen LogP contribution in [-0.2, 0) is 0 Å². The number of carbonyl (C=O) groups is 1. The molecule has 0 atom stereocenters. The first kappa shape index (κ1) is 12.6. The second-order valence-corrected chi connectivity index (χ2v) is 5.51. The summed E-state index contributed by atoms with van der Waals surface area (Å²) in [5, 5.41) is 9.22. The monoisotopic (exact) mass is 297 g/mol. The molecule has 17 heavy (non-hydrogen) atoms. The number of hydrogen-bond acceptors (Lipinski definition) is 2. The zero-order valence-corrected chi connectivity index (χ0v) is 11.4. The summed E-state index contributed by atoms with van der Waals surface area (Å²) in [6.45, 7) is 0.719. The minimum Gasteiger partial charge on any atom is -0.393 e. The highest BCUT2D eigenvalue weighted by Crippen LogP contribution is 2.28. The van der Waals surface area contributed by atoms with Gasteiger partial charge in [-0.2, -0.15) is 0 Å². The number of aliphatic hydroxyl groups is 1. The molecule has 1 aromatic carbocycles. The molecule has 0 aromatic heterocycles. The lowest BCUT2D eigenvalue weighted by atomic mass is 9.82. The average molecular weight is 298 g/mol. The summed E-state index contributed by atoms with van der Waals surface area (Å²) >= 11 is 3.38. The van der Waals surface area contributed by atoms with Crippen molar-refractivity contribution < 1.29 is 9.90 Å². The van der Waals surface area contributed by atoms with Crippen molar-refractivity contribution in [3.05, 3.63) is 34.3 Å². The molecule has 0 radical (unpaired) electrons. The molecule has 4 heteroatoms. The number of carbonyl (C=O) groups excluding carboxylic acids is 1. The zero-order valence-electron chi connectivity index (χ0n) is 9.77. The molecule has 0 spiro atoms. The predicted molar refractivity (Wildman–Crippen MR) is 69.8 cm³/mol. The van der Waals surface area contributed by atoms with E-state index in [-0.39, 0.29) is 12.0 Å². The van der Waals surface area contributed by atoms with Crippen molar-refractivity contribution in [2.24, 2.45) is 5.92 Å². The SMILES string of the molecule is CN(CC1CC(O)C1)C(=O)c1ccccc1Br. The van der Waals surface area contributed by atoms with E-state index >= 15 is 0 Å². The van der Waals surface area contributed by atoms with Crippen molar-refractivity contribution in [1.82, 2.24) is 4.90 Å². The average Bonchev–Trinajstić information content (AvgIpc) is 2.26. The van der Waals surface area contributed by atoms with Crippen molar-refractivity contribution >= 4 is 21.8 Å². The van der Waals surface area contributed by atoms with Crippen LogP contribution < -0.4 is 0 Å². The second-order valence-electron chi connectivity index (χ2n) is 4.66. The fourth-order valence-electron chi connectivity index (χ4n) is 2.16. The van der Waals surface area contributed by atoms with Crippen molar-refractivity contribution in [2.75, 3.05) is 13.6 Å². The van der Waals surface area contributed by atoms with E-state index in [2.05, 4.69) is 15.9 Å². The molecular weight excluding hydrogens is 282 g/mol. The van der Waals surface area contributed by atoms with Crippen LogP contribution in [0.5, 0.6) is 0 Å². The molecular formula is C13H16BrNO2. The van der Waals surface area contributed by atoms with Crippen LogP contribution in [0.25, 0.3) is 0 Å². The van der Waals surface area contributed by atoms with Gasteiger partial charge in [0, 0.05) is 18.1 Å². The summed E-state index contributed by atoms with van der Waals surface area (Å²) in [7, 11) is 1.81. The first-order chi connectivity index (χ1) is 8.08. The maximum absolute atomic E-state index is 12.2. The largest absolute Gasteiger partial charge is 0.393 e. The normalized spacial score (nSPS) is 23.0. The van der Waals surface area contributed by atoms with Gasteiger partial charge < -0.3 is 10.0 Å². The first-order valence-electron chi connectivity index (χ1n) is 5.76. The molecule has 1 fully saturated rings. The second kappa shape index (κ2) is 5.19. The third kappa shape index (κ3) is 2.87. The lowest BCUT2D eigenvalue weighted by molar-refractivity contribution is 0.0265. The third-order valence-electron chi connectivity index (χ3n) is 3.19. The van der Waals surface area contributed by atoms with Crippen molar-refractivity contribution in [3.8, 4) is 0 Å². The van der Waals surface area contributed by atoms with Gasteiger partial charge in [-0.05, 0) is 46.8 Å². The van der Waals surface area contributed by atoms with Crippen molar-refractivity contribution in [1.29, 1.82) is 0 Å². The van der Waals surface area contributed by atoms with Gasteiger partial charge in [-0.15, -0.1) is 0 Å². The first-order valence-corrected chi connectivity index (χ1v) is 6.55. The summed E-state index contributed by atoms with van der Waals surface area (Å²) in [6, 6.07) is 7.44. The van der Waals surface area contributed by atoms with Crippen molar-refractivity contribution in [3.63, 3.8) is 0 Å². The zero-order chi connectivity index (χ0) is 12.4. The maximum Gasteiger partial charge on any atom is 0.254 e. The standard InChI is InChI=1S/C13H16BrNO2/c1-15(8-9-6-10(16)7-9)13(17)11-4-2-3-5-12(11)14/h2-5,9-10,16H,6-8H2,1H3. The Balaban J connectivity index is 1.97. The third-order valence-corrected chi connectivity index (χ3v) is 3.89. The minimum absolute atomic E-state index is 0.0267. The van der Waals surface area contributed by atoms with E-state index in [9.17, 15) is 9.90 Å². The molecule has 0 aliphatic heterocycles. The molecule has 1 saturated carbocycles. The van der Waals surface area contributed by atoms with Gasteiger partial charge in [0.1, 0.15) is 0 Å². The Morgan fingerprint density at radius 2 is 2.12 bits per heavy atom. The Labute approximate surface area is 110 Å². The number of rotatable bonds is 3. The summed E-state index contributed by atoms with van der Waals surface area (Å²) < 4.78 is 0.825. The van der Waals surface area contributed by atoms with E-state index < -0.39 is 0 Å². The van der Waals surface area contributed by atoms with Crippen LogP contribution in [0.4, 0.5) is 0 Å². The summed E-state index contributed by atoms with van der Waals surface area (Å²) in [5.74, 6) is 0.473. The Hall–Kier alpha value is -0.870. The summed E-state index contributed by atoms with van der Waals surface area (Å²) in [6.07, 6.45) is 1.47. The molecule has 1 N–H and O–H groups in total. The van der Waals surface area contributed by atoms with E-state index in [0.717, 1.165) is 23.9 Å². The van der Waals surface area contributed by atoms with Crippen LogP contribution in [0.3, 0.4) is 0 Å². The highest BCUT2D eigenvalue weighted by Gasteiger charge is 2.29. The lowest BCUT2D eigenvalue weighted by Crippen LogP contribution is -2.39. The minimum atomic E-state index is -0.160. The van der Waals surface area contributed by atoms with Crippen molar-refractivity contribution in [2.45, 2.75) is 18.9 Å². The molecule has 92 valence electrons. The Bertz CT molecular complexity index is 416. The molecule has 1 aliphatic carbocycles. The van der Waals surface area contributed by atoms with Gasteiger partial charge in [-0.1, -0.05) is 12.1 Å². The summed E-state index contributed by atoms with van der Waals surface area (Å²) in [5.41, 5.74) is 0.690. The lowest BCUT2D eigenvalue weighted by Gasteiger charge is -2.34. The van der Waals surface area contributed by atoms with E-state index in [1.165, 1.54) is 0 Å². The quantitative estimate of drug-likeness (QED) is 0.930. The fraction of sp³-hybridized carbons (Fsp3) is 0.462. The van der Waals surface area contributed by atoms with Crippen LogP contribution in [0, 0.1) is 5.92 Å². The molecule has 0 unspecified atom stereocenters. The Morgan fingerprint density at radius 3 is 2.71 bits per heavy atom. The summed E-state index contributed by atoms with van der Waals surface area (Å²) in [4.78, 5) is 13.9. The molecule has 2 rings (SSSR count). The van der Waals surface area contributed by atoms with Crippen LogP contribution in [0.2, 0.25) is 0 Å². The Morgan fingerprint density at radius 1 is 1.47 bits per heavy atom. The van der Waals surface area contributed by atoms with Gasteiger partial charge in [0.2, 0.25) is 0 Å². The van der Waals surface area contributed by atoms with Gasteiger partial charge in [0.15, 0.2) is 0 Å². The molecule has 1 aromatic rings. The van der Waals surface area contributed by atoms with Gasteiger partial charge >= 0.3 is 0 Å². The van der Waals surface area contributed by atoms with Gasteiger partial charge in [0.05, 0.1) is 11.7 Å². The molecule has 1 amide bonds. The van der Waals surface area contributed by atoms with E-state index in [0.29, 0.717) is 11.5 Å². The Kier molecular flexibility index (Phi) is 3.84. The van der Waals surface area contributed by atoms with Gasteiger partial charge in [-0.25, -0.2) is 0 Å². The molecule has 0 saturated heterocycles. The van der Waals surface area contributed by atoms with Crippen LogP contribution >= 0.6 is 15.9 Å². The number of halogens is 1. The topological polar surface area (TPSA) is 40.5 Å². The number of nitrogens with zero attached hydrogens (tertiary/aromatic N) is 1. The number of amides is 1. The van der Waals surface area contributed by atoms with Gasteiger partial charge in [0.25, 0.3) is 5.91 Å². The van der Waals surface area contributed by atoms with Crippen LogP contribution in [0.1, 0.15) is 23.2 Å². The smallest absolute Gasteiger partial charge is 0.254 e. The maximum atomic E-state index is 12.2. The molecule has 3 nitrogen and oxygen atoms in total. The molecule has 0 heterocycles. The number of aliphatic hydroxyl groups excluding tert-OH is 1. The molecule has 0 bridgehead atoms. The van der Waals surface area contributed by atoms with Crippen LogP contribution in [0.15, 0.2) is 28.7 Å². The number of hydrogen-bond donors (Lipinski definition) is 1. The van der Waals surface area contributed by atoms with Crippen LogP contribution in [-0.4, -0.2) is 35.6 Å². The van der Waals surface area contributed by atoms with E-state index in [4.69, 9.17) is 0 Å². The highest BCUT2D eigenvalue weighted by molar-refractivity contribution is 9.10. The van der Waals surface area contributed by atoms with E-state index in [1.807, 2.05) is 31.3 Å². The fourth-order valence-corrected chi connectivity index (χ4v) is 2.61. The van der Waals surface area contributed by atoms with Gasteiger partial charge in [-0.3, -0.25) is 4.79 Å². The number of benzene rings is 1. The predicted octanol–water partition coefficient (Wildman–Crippen LogP) is 2.29. The highest BCUT2D eigenvalue weighted by atomic mass is 79.9.